The topological polar surface area (TPSA) is 218 Å². The second-order valence-electron chi connectivity index (χ2n) is 25.2. The fourth-order valence-electron chi connectivity index (χ4n) is 10.1. The summed E-state index contributed by atoms with van der Waals surface area (Å²) >= 11 is 0. The van der Waals surface area contributed by atoms with Crippen LogP contribution in [-0.2, 0) is 20.9 Å². The third kappa shape index (κ3) is 47.8. The summed E-state index contributed by atoms with van der Waals surface area (Å²) in [6.45, 7) is 30.4. The average Bonchev–Trinajstić information content (AvgIpc) is 0.860. The first-order chi connectivity index (χ1) is 46.7. The molecule has 3 aromatic carbocycles. The van der Waals surface area contributed by atoms with Crippen LogP contribution in [0.25, 0.3) is 0 Å². The van der Waals surface area contributed by atoms with Crippen LogP contribution >= 0.6 is 0 Å². The van der Waals surface area contributed by atoms with Gasteiger partial charge in [0.15, 0.2) is 28.8 Å². The molecule has 0 fully saturated rings. The van der Waals surface area contributed by atoms with Gasteiger partial charge in [-0.25, -0.2) is 0 Å². The zero-order chi connectivity index (χ0) is 72.9. The van der Waals surface area contributed by atoms with Crippen molar-refractivity contribution in [3.63, 3.8) is 0 Å². The lowest BCUT2D eigenvalue weighted by Crippen LogP contribution is -2.35. The van der Waals surface area contributed by atoms with Crippen molar-refractivity contribution in [3.8, 4) is 34.5 Å². The highest BCUT2D eigenvalue weighted by Gasteiger charge is 2.23. The van der Waals surface area contributed by atoms with Crippen molar-refractivity contribution >= 4 is 34.7 Å². The number of unbranched alkanes of at least 4 members (excludes halogenated alkanes) is 14. The average molecular weight is 1360 g/mol. The predicted molar refractivity (Wildman–Crippen MR) is 403 cm³/mol. The van der Waals surface area contributed by atoms with E-state index in [1.165, 1.54) is 45.4 Å². The van der Waals surface area contributed by atoms with Crippen molar-refractivity contribution in [2.45, 2.75) is 269 Å². The van der Waals surface area contributed by atoms with E-state index >= 15 is 0 Å². The van der Waals surface area contributed by atoms with E-state index in [9.17, 15) is 28.8 Å². The molecule has 0 aliphatic heterocycles. The molecule has 0 radical (unpaired) electrons. The van der Waals surface area contributed by atoms with E-state index in [0.29, 0.717) is 92.2 Å². The first-order valence-electron chi connectivity index (χ1n) is 37.3. The number of rotatable bonds is 54. The number of carbonyl (C=O) groups excluding carboxylic acids is 6. The van der Waals surface area contributed by atoms with Crippen molar-refractivity contribution in [1.29, 1.82) is 0 Å². The Kier molecular flexibility index (Phi) is 61.3. The summed E-state index contributed by atoms with van der Waals surface area (Å²) in [6, 6.07) is 12.8. The molecule has 0 saturated heterocycles. The van der Waals surface area contributed by atoms with Gasteiger partial charge in [0, 0.05) is 42.5 Å². The minimum Gasteiger partial charge on any atom is -0.493 e. The first-order valence-corrected chi connectivity index (χ1v) is 37.3. The van der Waals surface area contributed by atoms with Crippen LogP contribution < -0.4 is 55.0 Å². The molecule has 0 saturated carbocycles. The molecule has 0 bridgehead atoms. The second-order valence-corrected chi connectivity index (χ2v) is 25.2. The van der Waals surface area contributed by atoms with Gasteiger partial charge >= 0.3 is 0 Å². The predicted octanol–water partition coefficient (Wildman–Crippen LogP) is 17.2. The normalized spacial score (nSPS) is 10.9. The fraction of sp³-hybridized carbons (Fsp3) is 0.700. The molecule has 17 heteroatoms. The summed E-state index contributed by atoms with van der Waals surface area (Å²) in [5.74, 6) is 5.01. The highest BCUT2D eigenvalue weighted by atomic mass is 16.5. The maximum absolute atomic E-state index is 12.3. The van der Waals surface area contributed by atoms with Gasteiger partial charge < -0.3 is 55.0 Å². The smallest absolute Gasteiger partial charge is 0.172 e. The number of hydrogen-bond donors (Lipinski definition) is 5. The molecule has 0 heterocycles. The Bertz CT molecular complexity index is 2480. The minimum absolute atomic E-state index is 0.0293. The third-order valence-corrected chi connectivity index (χ3v) is 16.1. The maximum atomic E-state index is 12.3. The van der Waals surface area contributed by atoms with Gasteiger partial charge in [0.05, 0.1) is 56.8 Å². The van der Waals surface area contributed by atoms with Crippen molar-refractivity contribution in [3.05, 3.63) is 70.3 Å². The molecule has 0 amide bonds. The SMILES string of the molecule is CCCCCCCCC(=O)[C@H](CC(C)=O)NC.CCCCCOc1cc(C(C)=O)c(OCCCC)c(OCCCCC)c1C.CCCCCOc1cc(OCCCCC)cc(C(C)=O)c1.CNCCCC(CCCNC)C(C)=O.CNCCCOc1ccc(CNC)cc1C(C)=O. The van der Waals surface area contributed by atoms with Crippen LogP contribution in [0.1, 0.15) is 292 Å². The highest BCUT2D eigenvalue weighted by Crippen LogP contribution is 2.41. The van der Waals surface area contributed by atoms with Crippen molar-refractivity contribution in [2.75, 3.05) is 94.5 Å². The summed E-state index contributed by atoms with van der Waals surface area (Å²) in [5.41, 5.74) is 3.86. The Morgan fingerprint density at radius 3 is 1.32 bits per heavy atom. The number of Topliss-reactive ketones (excluding diaryl/α,β-unsaturated/α-hetero) is 6. The molecule has 97 heavy (non-hydrogen) atoms. The minimum atomic E-state index is -0.275. The van der Waals surface area contributed by atoms with Crippen LogP contribution in [0.4, 0.5) is 0 Å². The van der Waals surface area contributed by atoms with Gasteiger partial charge in [0.2, 0.25) is 0 Å². The van der Waals surface area contributed by atoms with Gasteiger partial charge in [-0.2, -0.15) is 0 Å². The first kappa shape index (κ1) is 93.3. The maximum Gasteiger partial charge on any atom is 0.172 e. The Morgan fingerprint density at radius 2 is 0.856 bits per heavy atom. The molecule has 0 spiro atoms. The van der Waals surface area contributed by atoms with Gasteiger partial charge in [-0.15, -0.1) is 0 Å². The summed E-state index contributed by atoms with van der Waals surface area (Å²) in [5, 5.41) is 15.3. The Balaban J connectivity index is 0. The van der Waals surface area contributed by atoms with Crippen LogP contribution in [0.15, 0.2) is 42.5 Å². The molecule has 3 rings (SSSR count). The highest BCUT2D eigenvalue weighted by molar-refractivity contribution is 5.99. The van der Waals surface area contributed by atoms with Crippen molar-refractivity contribution < 1.29 is 57.2 Å². The van der Waals surface area contributed by atoms with E-state index in [1.54, 1.807) is 46.9 Å². The zero-order valence-corrected chi connectivity index (χ0v) is 64.3. The van der Waals surface area contributed by atoms with Gasteiger partial charge in [-0.1, -0.05) is 138 Å². The van der Waals surface area contributed by atoms with E-state index in [4.69, 9.17) is 28.4 Å². The number of ketones is 6. The second kappa shape index (κ2) is 63.7. The van der Waals surface area contributed by atoms with Gasteiger partial charge in [0.25, 0.3) is 0 Å². The largest absolute Gasteiger partial charge is 0.493 e. The number of hydrogen-bond acceptors (Lipinski definition) is 17. The van der Waals surface area contributed by atoms with E-state index in [2.05, 4.69) is 68.1 Å². The summed E-state index contributed by atoms with van der Waals surface area (Å²) in [7, 11) is 9.43. The van der Waals surface area contributed by atoms with Gasteiger partial charge in [-0.3, -0.25) is 28.8 Å². The number of benzene rings is 3. The molecule has 1 atom stereocenters. The molecule has 17 nitrogen and oxygen atoms in total. The van der Waals surface area contributed by atoms with Crippen molar-refractivity contribution in [2.24, 2.45) is 5.92 Å². The quantitative estimate of drug-likeness (QED) is 0.0262. The molecule has 3 aromatic rings. The Hall–Kier alpha value is -5.72. The van der Waals surface area contributed by atoms with Crippen LogP contribution in [-0.4, -0.2) is 135 Å². The Labute approximate surface area is 590 Å². The monoisotopic (exact) mass is 1360 g/mol. The summed E-state index contributed by atoms with van der Waals surface area (Å²) in [6.07, 6.45) is 28.5. The van der Waals surface area contributed by atoms with E-state index in [1.807, 2.05) is 65.4 Å². The zero-order valence-electron chi connectivity index (χ0n) is 64.3. The molecule has 0 aliphatic rings. The van der Waals surface area contributed by atoms with E-state index < -0.39 is 0 Å². The van der Waals surface area contributed by atoms with Crippen LogP contribution in [0.3, 0.4) is 0 Å². The molecule has 5 N–H and O–H groups in total. The molecular weight excluding hydrogens is 1220 g/mol. The lowest BCUT2D eigenvalue weighted by Gasteiger charge is -2.20. The molecule has 0 aromatic heterocycles. The molecule has 0 unspecified atom stereocenters. The molecule has 556 valence electrons. The summed E-state index contributed by atoms with van der Waals surface area (Å²) in [4.78, 5) is 69.5. The van der Waals surface area contributed by atoms with Gasteiger partial charge in [0.1, 0.15) is 40.3 Å². The number of ether oxygens (including phenoxy) is 6. The van der Waals surface area contributed by atoms with Crippen LogP contribution in [0.2, 0.25) is 0 Å². The van der Waals surface area contributed by atoms with Crippen LogP contribution in [0.5, 0.6) is 34.5 Å². The Morgan fingerprint density at radius 1 is 0.412 bits per heavy atom. The standard InChI is InChI=1S/C23H38O4.C18H28O3.C14H22N2O2.C14H27NO2.C11H24N2O/c1-6-9-12-15-25-21-17-20(19(5)24)23(27-14-11-8-3)22(18(21)4)26-16-13-10-7-2;1-4-6-8-10-20-17-12-16(15(3)19)13-18(14-17)21-11-9-7-5-2;1-11(17)13-9-12(10-16-3)5-6-14(13)18-8-4-7-15-2;1-4-5-6-7-8-9-10-14(17)13(15-3)11-12(2)16;1-10(14)11(6-4-8-12-2)7-5-9-13-3/h17H,6-16H2,1-5H3;12-14H,4-11H2,1-3H3;5-6,9,15-16H,4,7-8,10H2,1-3H3;13,15H,4-11H2,1-3H3;11-13H,4-9H2,1-3H3/t;;;13-;/m...0./s1. The third-order valence-electron chi connectivity index (χ3n) is 16.1. The van der Waals surface area contributed by atoms with Crippen LogP contribution in [0, 0.1) is 12.8 Å². The lowest BCUT2D eigenvalue weighted by molar-refractivity contribution is -0.125. The van der Waals surface area contributed by atoms with E-state index in [0.717, 1.165) is 177 Å². The summed E-state index contributed by atoms with van der Waals surface area (Å²) < 4.78 is 35.2. The number of likely N-dealkylation sites (N-methyl/N-ethyl adjacent to an activating group) is 1. The van der Waals surface area contributed by atoms with Crippen molar-refractivity contribution in [1.82, 2.24) is 26.6 Å². The fourth-order valence-corrected chi connectivity index (χ4v) is 10.1. The lowest BCUT2D eigenvalue weighted by atomic mass is 9.94. The molecular formula is C80H139N5O12. The number of carbonyl (C=O) groups is 6. The van der Waals surface area contributed by atoms with Gasteiger partial charge in [-0.05, 0) is 203 Å². The van der Waals surface area contributed by atoms with E-state index in [-0.39, 0.29) is 40.9 Å². The molecule has 0 aliphatic carbocycles. The number of nitrogens with one attached hydrogen (secondary N) is 5.